The average Bonchev–Trinajstić information content (AvgIpc) is 3.22. The molecule has 2 amide bonds. The van der Waals surface area contributed by atoms with Gasteiger partial charge in [-0.05, 0) is 82.3 Å². The van der Waals surface area contributed by atoms with E-state index in [-0.39, 0.29) is 11.5 Å². The molecule has 8 nitrogen and oxygen atoms in total. The number of carbonyl (C=O) groups is 2. The molecule has 3 aromatic rings. The molecule has 180 valence electrons. The van der Waals surface area contributed by atoms with E-state index < -0.39 is 5.91 Å². The monoisotopic (exact) mass is 465 g/mol. The highest BCUT2D eigenvalue weighted by Gasteiger charge is 2.20. The molecule has 0 unspecified atom stereocenters. The fourth-order valence-corrected chi connectivity index (χ4v) is 4.32. The normalized spacial score (nSPS) is 12.7. The molecule has 0 fully saturated rings. The molecule has 2 aromatic carbocycles. The Morgan fingerprint density at radius 3 is 2.09 bits per heavy atom. The van der Waals surface area contributed by atoms with Gasteiger partial charge in [0.15, 0.2) is 11.5 Å². The molecule has 34 heavy (non-hydrogen) atoms. The predicted molar refractivity (Wildman–Crippen MR) is 130 cm³/mol. The number of rotatable bonds is 8. The molecule has 1 heterocycles. The Bertz CT molecular complexity index is 1170. The number of fused-ring (bicyclic) bond motifs is 3. The number of aromatic nitrogens is 1. The lowest BCUT2D eigenvalue weighted by Crippen LogP contribution is -2.41. The van der Waals surface area contributed by atoms with E-state index in [0.29, 0.717) is 42.6 Å². The maximum absolute atomic E-state index is 12.8. The Hall–Kier alpha value is -3.68. The summed E-state index contributed by atoms with van der Waals surface area (Å²) in [5, 5.41) is 1.07. The first kappa shape index (κ1) is 23.5. The third kappa shape index (κ3) is 4.81. The second-order valence-corrected chi connectivity index (χ2v) is 8.06. The lowest BCUT2D eigenvalue weighted by atomic mass is 9.95. The van der Waals surface area contributed by atoms with E-state index in [1.54, 1.807) is 18.2 Å². The molecule has 1 aromatic heterocycles. The molecule has 0 aliphatic heterocycles. The standard InChI is InChI=1S/C26H31N3O5/c1-4-32-22-14-17(15-23(33-5-2)24(22)34-6-3)26(31)29-28-25(30)16-11-12-21-19(13-16)18-9-7-8-10-20(18)27-21/h11-15,27H,4-10H2,1-3H3,(H,28,30)(H,29,31). The van der Waals surface area contributed by atoms with Gasteiger partial charge in [-0.2, -0.15) is 0 Å². The summed E-state index contributed by atoms with van der Waals surface area (Å²) in [5.41, 5.74) is 9.37. The van der Waals surface area contributed by atoms with Crippen LogP contribution >= 0.6 is 0 Å². The van der Waals surface area contributed by atoms with Crippen LogP contribution in [-0.2, 0) is 12.8 Å². The Kier molecular flexibility index (Phi) is 7.25. The number of aromatic amines is 1. The second-order valence-electron chi connectivity index (χ2n) is 8.06. The van der Waals surface area contributed by atoms with Gasteiger partial charge in [-0.25, -0.2) is 0 Å². The van der Waals surface area contributed by atoms with Gasteiger partial charge < -0.3 is 19.2 Å². The van der Waals surface area contributed by atoms with Crippen molar-refractivity contribution in [1.29, 1.82) is 0 Å². The van der Waals surface area contributed by atoms with Crippen molar-refractivity contribution in [3.05, 3.63) is 52.7 Å². The number of hydrogen-bond donors (Lipinski definition) is 3. The van der Waals surface area contributed by atoms with Gasteiger partial charge in [0.2, 0.25) is 5.75 Å². The first-order valence-electron chi connectivity index (χ1n) is 11.9. The summed E-state index contributed by atoms with van der Waals surface area (Å²) in [6, 6.07) is 8.71. The minimum Gasteiger partial charge on any atom is -0.490 e. The van der Waals surface area contributed by atoms with Crippen molar-refractivity contribution in [2.24, 2.45) is 0 Å². The highest BCUT2D eigenvalue weighted by molar-refractivity contribution is 6.02. The summed E-state index contributed by atoms with van der Waals surface area (Å²) in [7, 11) is 0. The average molecular weight is 466 g/mol. The Morgan fingerprint density at radius 1 is 0.824 bits per heavy atom. The number of H-pyrrole nitrogens is 1. The van der Waals surface area contributed by atoms with Crippen LogP contribution < -0.4 is 25.1 Å². The second kappa shape index (κ2) is 10.5. The molecule has 0 spiro atoms. The predicted octanol–water partition coefficient (Wildman–Crippen LogP) is 4.32. The molecule has 3 N–H and O–H groups in total. The molecule has 0 atom stereocenters. The van der Waals surface area contributed by atoms with Crippen LogP contribution in [0, 0.1) is 0 Å². The summed E-state index contributed by atoms with van der Waals surface area (Å²) < 4.78 is 17.0. The molecular formula is C26H31N3O5. The van der Waals surface area contributed by atoms with Crippen molar-refractivity contribution < 1.29 is 23.8 Å². The fraction of sp³-hybridized carbons (Fsp3) is 0.385. The van der Waals surface area contributed by atoms with Gasteiger partial charge in [-0.15, -0.1) is 0 Å². The summed E-state index contributed by atoms with van der Waals surface area (Å²) in [6.45, 7) is 6.79. The molecule has 0 saturated carbocycles. The molecule has 1 aliphatic rings. The Labute approximate surface area is 198 Å². The largest absolute Gasteiger partial charge is 0.490 e. The van der Waals surface area contributed by atoms with Gasteiger partial charge in [-0.1, -0.05) is 0 Å². The lowest BCUT2D eigenvalue weighted by Gasteiger charge is -2.17. The third-order valence-corrected chi connectivity index (χ3v) is 5.82. The van der Waals surface area contributed by atoms with Crippen LogP contribution in [0.15, 0.2) is 30.3 Å². The maximum Gasteiger partial charge on any atom is 0.269 e. The van der Waals surface area contributed by atoms with Crippen molar-refractivity contribution in [3.8, 4) is 17.2 Å². The molecule has 0 bridgehead atoms. The summed E-state index contributed by atoms with van der Waals surface area (Å²) >= 11 is 0. The Balaban J connectivity index is 1.51. The number of hydrazine groups is 1. The quantitative estimate of drug-likeness (QED) is 0.430. The van der Waals surface area contributed by atoms with E-state index in [4.69, 9.17) is 14.2 Å². The number of carbonyl (C=O) groups excluding carboxylic acids is 2. The van der Waals surface area contributed by atoms with Crippen LogP contribution in [0.4, 0.5) is 0 Å². The van der Waals surface area contributed by atoms with Crippen LogP contribution in [0.2, 0.25) is 0 Å². The van der Waals surface area contributed by atoms with Crippen molar-refractivity contribution in [2.45, 2.75) is 46.5 Å². The van der Waals surface area contributed by atoms with Crippen LogP contribution in [0.5, 0.6) is 17.2 Å². The third-order valence-electron chi connectivity index (χ3n) is 5.82. The van der Waals surface area contributed by atoms with Gasteiger partial charge >= 0.3 is 0 Å². The number of aryl methyl sites for hydroxylation is 2. The van der Waals surface area contributed by atoms with Crippen molar-refractivity contribution >= 4 is 22.7 Å². The molecule has 8 heteroatoms. The molecule has 0 saturated heterocycles. The van der Waals surface area contributed by atoms with Gasteiger partial charge in [0.1, 0.15) is 0 Å². The zero-order chi connectivity index (χ0) is 24.1. The van der Waals surface area contributed by atoms with Gasteiger partial charge in [0.05, 0.1) is 19.8 Å². The van der Waals surface area contributed by atoms with E-state index in [1.807, 2.05) is 32.9 Å². The molecule has 1 aliphatic carbocycles. The molecule has 0 radical (unpaired) electrons. The van der Waals surface area contributed by atoms with Gasteiger partial charge in [0, 0.05) is 27.7 Å². The van der Waals surface area contributed by atoms with Crippen LogP contribution in [0.3, 0.4) is 0 Å². The van der Waals surface area contributed by atoms with Crippen molar-refractivity contribution in [3.63, 3.8) is 0 Å². The van der Waals surface area contributed by atoms with Gasteiger partial charge in [0.25, 0.3) is 11.8 Å². The number of ether oxygens (including phenoxy) is 3. The van der Waals surface area contributed by atoms with E-state index in [0.717, 1.165) is 30.2 Å². The first-order chi connectivity index (χ1) is 16.5. The van der Waals surface area contributed by atoms with E-state index in [1.165, 1.54) is 17.7 Å². The Morgan fingerprint density at radius 2 is 1.44 bits per heavy atom. The van der Waals surface area contributed by atoms with E-state index >= 15 is 0 Å². The maximum atomic E-state index is 12.8. The highest BCUT2D eigenvalue weighted by atomic mass is 16.5. The van der Waals surface area contributed by atoms with E-state index in [9.17, 15) is 9.59 Å². The lowest BCUT2D eigenvalue weighted by molar-refractivity contribution is 0.0846. The number of hydrogen-bond acceptors (Lipinski definition) is 5. The SMILES string of the molecule is CCOc1cc(C(=O)NNC(=O)c2ccc3[nH]c4c(c3c2)CCCC4)cc(OCC)c1OCC. The zero-order valence-corrected chi connectivity index (χ0v) is 19.9. The van der Waals surface area contributed by atoms with Crippen LogP contribution in [-0.4, -0.2) is 36.6 Å². The summed E-state index contributed by atoms with van der Waals surface area (Å²) in [5.74, 6) is 0.402. The van der Waals surface area contributed by atoms with Crippen LogP contribution in [0.25, 0.3) is 10.9 Å². The number of amides is 2. The minimum absolute atomic E-state index is 0.283. The van der Waals surface area contributed by atoms with Crippen LogP contribution in [0.1, 0.15) is 65.6 Å². The summed E-state index contributed by atoms with van der Waals surface area (Å²) in [6.07, 6.45) is 4.39. The van der Waals surface area contributed by atoms with Crippen molar-refractivity contribution in [1.82, 2.24) is 15.8 Å². The van der Waals surface area contributed by atoms with Crippen molar-refractivity contribution in [2.75, 3.05) is 19.8 Å². The highest BCUT2D eigenvalue weighted by Crippen LogP contribution is 2.39. The van der Waals surface area contributed by atoms with E-state index in [2.05, 4.69) is 15.8 Å². The fourth-order valence-electron chi connectivity index (χ4n) is 4.32. The summed E-state index contributed by atoms with van der Waals surface area (Å²) in [4.78, 5) is 29.1. The molecular weight excluding hydrogens is 434 g/mol. The topological polar surface area (TPSA) is 102 Å². The number of nitrogens with one attached hydrogen (secondary N) is 3. The van der Waals surface area contributed by atoms with Gasteiger partial charge in [-0.3, -0.25) is 20.4 Å². The smallest absolute Gasteiger partial charge is 0.269 e. The molecule has 4 rings (SSSR count). The minimum atomic E-state index is -0.488. The zero-order valence-electron chi connectivity index (χ0n) is 19.9. The first-order valence-corrected chi connectivity index (χ1v) is 11.9. The number of benzene rings is 2.